The van der Waals surface area contributed by atoms with Gasteiger partial charge in [-0.25, -0.2) is 0 Å². The van der Waals surface area contributed by atoms with Crippen LogP contribution in [0.2, 0.25) is 0 Å². The highest BCUT2D eigenvalue weighted by Crippen LogP contribution is 1.90. The van der Waals surface area contributed by atoms with Gasteiger partial charge in [0, 0.05) is 6.54 Å². The first-order chi connectivity index (χ1) is 4.29. The van der Waals surface area contributed by atoms with Crippen molar-refractivity contribution in [1.82, 2.24) is 4.90 Å². The lowest BCUT2D eigenvalue weighted by atomic mass is 10.5. The zero-order chi connectivity index (χ0) is 6.69. The van der Waals surface area contributed by atoms with Crippen LogP contribution in [0, 0.1) is 0 Å². The van der Waals surface area contributed by atoms with Crippen LogP contribution in [0.5, 0.6) is 0 Å². The third kappa shape index (κ3) is 2.68. The summed E-state index contributed by atoms with van der Waals surface area (Å²) in [6, 6.07) is 0. The summed E-state index contributed by atoms with van der Waals surface area (Å²) in [4.78, 5) is 15.6. The number of halogens is 1. The summed E-state index contributed by atoms with van der Waals surface area (Å²) in [5.74, 6) is -0.802. The Balaban J connectivity index is 0.000000810. The highest BCUT2D eigenvalue weighted by Gasteiger charge is 2.07. The summed E-state index contributed by atoms with van der Waals surface area (Å²) in [7, 11) is 0. The second kappa shape index (κ2) is 4.11. The van der Waals surface area contributed by atoms with Gasteiger partial charge in [-0.2, -0.15) is 0 Å². The molecule has 58 valence electrons. The lowest BCUT2D eigenvalue weighted by molar-refractivity contribution is -0.137. The molecular weight excluding hydrogens is 156 g/mol. The van der Waals surface area contributed by atoms with Crippen molar-refractivity contribution in [2.75, 3.05) is 19.6 Å². The maximum atomic E-state index is 10.1. The fourth-order valence-corrected chi connectivity index (χ4v) is 0.711. The quantitative estimate of drug-likeness (QED) is 0.617. The van der Waals surface area contributed by atoms with Gasteiger partial charge in [0.15, 0.2) is 0 Å². The van der Waals surface area contributed by atoms with Gasteiger partial charge in [-0.05, 0) is 0 Å². The van der Waals surface area contributed by atoms with E-state index in [0.29, 0.717) is 0 Å². The molecule has 0 fully saturated rings. The van der Waals surface area contributed by atoms with E-state index < -0.39 is 5.97 Å². The van der Waals surface area contributed by atoms with Crippen molar-refractivity contribution in [3.8, 4) is 0 Å². The van der Waals surface area contributed by atoms with Gasteiger partial charge >= 0.3 is 5.97 Å². The summed E-state index contributed by atoms with van der Waals surface area (Å²) in [6.07, 6.45) is 1.58. The van der Waals surface area contributed by atoms with Crippen molar-refractivity contribution in [1.29, 1.82) is 0 Å². The largest absolute Gasteiger partial charge is 0.480 e. The number of hydrogen-bond donors (Lipinski definition) is 1. The molecule has 1 aliphatic heterocycles. The van der Waals surface area contributed by atoms with Crippen LogP contribution in [0.15, 0.2) is 4.99 Å². The van der Waals surface area contributed by atoms with E-state index in [1.54, 1.807) is 11.2 Å². The van der Waals surface area contributed by atoms with Crippen molar-refractivity contribution < 1.29 is 9.90 Å². The Bertz CT molecular complexity index is 149. The highest BCUT2D eigenvalue weighted by molar-refractivity contribution is 5.85. The summed E-state index contributed by atoms with van der Waals surface area (Å²) in [5, 5.41) is 8.27. The number of nitrogens with zero attached hydrogens (tertiary/aromatic N) is 2. The minimum absolute atomic E-state index is 0. The minimum Gasteiger partial charge on any atom is -0.480 e. The topological polar surface area (TPSA) is 52.9 Å². The molecule has 0 aromatic heterocycles. The SMILES string of the molecule is Cl.O=C(O)CN1C=NCC1. The average molecular weight is 165 g/mol. The fourth-order valence-electron chi connectivity index (χ4n) is 0.711. The van der Waals surface area contributed by atoms with E-state index in [1.807, 2.05) is 0 Å². The molecule has 0 aliphatic carbocycles. The molecule has 10 heavy (non-hydrogen) atoms. The van der Waals surface area contributed by atoms with Crippen LogP contribution in [-0.4, -0.2) is 41.9 Å². The van der Waals surface area contributed by atoms with Crippen molar-refractivity contribution in [3.63, 3.8) is 0 Å². The Hall–Kier alpha value is -0.770. The smallest absolute Gasteiger partial charge is 0.323 e. The molecule has 0 aromatic carbocycles. The van der Waals surface area contributed by atoms with E-state index in [4.69, 9.17) is 5.11 Å². The van der Waals surface area contributed by atoms with E-state index in [2.05, 4.69) is 4.99 Å². The molecule has 1 aliphatic rings. The zero-order valence-corrected chi connectivity index (χ0v) is 6.17. The minimum atomic E-state index is -0.802. The number of carboxylic acid groups (broad SMARTS) is 1. The number of carboxylic acids is 1. The third-order valence-electron chi connectivity index (χ3n) is 1.10. The fraction of sp³-hybridized carbons (Fsp3) is 0.600. The number of hydrogen-bond acceptors (Lipinski definition) is 3. The monoisotopic (exact) mass is 164 g/mol. The third-order valence-corrected chi connectivity index (χ3v) is 1.10. The van der Waals surface area contributed by atoms with Crippen LogP contribution in [-0.2, 0) is 4.79 Å². The van der Waals surface area contributed by atoms with Crippen LogP contribution in [0.4, 0.5) is 0 Å². The van der Waals surface area contributed by atoms with E-state index in [1.165, 1.54) is 0 Å². The molecule has 0 unspecified atom stereocenters. The van der Waals surface area contributed by atoms with Crippen LogP contribution in [0.3, 0.4) is 0 Å². The maximum absolute atomic E-state index is 10.1. The number of aliphatic carboxylic acids is 1. The molecule has 0 saturated carbocycles. The first kappa shape index (κ1) is 9.23. The first-order valence-corrected chi connectivity index (χ1v) is 2.75. The summed E-state index contributed by atoms with van der Waals surface area (Å²) >= 11 is 0. The normalized spacial score (nSPS) is 15.0. The van der Waals surface area contributed by atoms with Crippen molar-refractivity contribution in [2.24, 2.45) is 4.99 Å². The predicted molar refractivity (Wildman–Crippen MR) is 39.8 cm³/mol. The standard InChI is InChI=1S/C5H8N2O2.ClH/c8-5(9)3-7-2-1-6-4-7;/h4H,1-3H2,(H,8,9);1H. The van der Waals surface area contributed by atoms with E-state index >= 15 is 0 Å². The van der Waals surface area contributed by atoms with Crippen LogP contribution < -0.4 is 0 Å². The number of aliphatic imine (C=N–C) groups is 1. The van der Waals surface area contributed by atoms with E-state index in [-0.39, 0.29) is 19.0 Å². The molecule has 0 aromatic rings. The Morgan fingerprint density at radius 3 is 2.90 bits per heavy atom. The van der Waals surface area contributed by atoms with Crippen LogP contribution in [0.1, 0.15) is 0 Å². The number of rotatable bonds is 2. The molecule has 0 bridgehead atoms. The van der Waals surface area contributed by atoms with Crippen molar-refractivity contribution >= 4 is 24.7 Å². The summed E-state index contributed by atoms with van der Waals surface area (Å²) < 4.78 is 0. The molecule has 0 amide bonds. The van der Waals surface area contributed by atoms with Gasteiger partial charge in [0.1, 0.15) is 6.54 Å². The second-order valence-electron chi connectivity index (χ2n) is 1.89. The van der Waals surface area contributed by atoms with E-state index in [0.717, 1.165) is 13.1 Å². The van der Waals surface area contributed by atoms with Gasteiger partial charge in [-0.1, -0.05) is 0 Å². The lowest BCUT2D eigenvalue weighted by Crippen LogP contribution is -2.26. The second-order valence-corrected chi connectivity index (χ2v) is 1.89. The Labute approximate surface area is 65.0 Å². The van der Waals surface area contributed by atoms with E-state index in [9.17, 15) is 4.79 Å². The van der Waals surface area contributed by atoms with Gasteiger partial charge in [0.25, 0.3) is 0 Å². The van der Waals surface area contributed by atoms with Gasteiger partial charge in [0.05, 0.1) is 12.9 Å². The Morgan fingerprint density at radius 1 is 1.80 bits per heavy atom. The van der Waals surface area contributed by atoms with Gasteiger partial charge in [-0.3, -0.25) is 9.79 Å². The number of carbonyl (C=O) groups is 1. The molecule has 1 N–H and O–H groups in total. The predicted octanol–water partition coefficient (Wildman–Crippen LogP) is -0.163. The van der Waals surface area contributed by atoms with Crippen LogP contribution in [0.25, 0.3) is 0 Å². The highest BCUT2D eigenvalue weighted by atomic mass is 35.5. The molecular formula is C5H9ClN2O2. The molecule has 0 spiro atoms. The van der Waals surface area contributed by atoms with Gasteiger partial charge in [0.2, 0.25) is 0 Å². The molecule has 0 atom stereocenters. The summed E-state index contributed by atoms with van der Waals surface area (Å²) in [6.45, 7) is 1.54. The molecule has 5 heteroatoms. The van der Waals surface area contributed by atoms with Gasteiger partial charge < -0.3 is 10.0 Å². The maximum Gasteiger partial charge on any atom is 0.323 e. The molecule has 0 radical (unpaired) electrons. The average Bonchev–Trinajstić information content (AvgIpc) is 2.15. The molecule has 4 nitrogen and oxygen atoms in total. The molecule has 1 heterocycles. The first-order valence-electron chi connectivity index (χ1n) is 2.75. The van der Waals surface area contributed by atoms with Crippen molar-refractivity contribution in [2.45, 2.75) is 0 Å². The Morgan fingerprint density at radius 2 is 2.50 bits per heavy atom. The summed E-state index contributed by atoms with van der Waals surface area (Å²) in [5.41, 5.74) is 0. The molecule has 0 saturated heterocycles. The van der Waals surface area contributed by atoms with Gasteiger partial charge in [-0.15, -0.1) is 12.4 Å². The Kier molecular flexibility index (Phi) is 3.79. The zero-order valence-electron chi connectivity index (χ0n) is 5.36. The lowest BCUT2D eigenvalue weighted by Gasteiger charge is -2.08. The van der Waals surface area contributed by atoms with Crippen molar-refractivity contribution in [3.05, 3.63) is 0 Å². The van der Waals surface area contributed by atoms with Crippen LogP contribution >= 0.6 is 12.4 Å². The molecule has 1 rings (SSSR count).